The van der Waals surface area contributed by atoms with E-state index in [-0.39, 0.29) is 5.97 Å². The third kappa shape index (κ3) is 6.75. The predicted octanol–water partition coefficient (Wildman–Crippen LogP) is 5.55. The SMILES string of the molecule is CC/C(C)=C/CCC(C)(CC)OC(=O)/C=C/c1ccccc1. The van der Waals surface area contributed by atoms with Crippen LogP contribution >= 0.6 is 0 Å². The van der Waals surface area contributed by atoms with E-state index in [9.17, 15) is 4.79 Å². The lowest BCUT2D eigenvalue weighted by Crippen LogP contribution is -2.30. The van der Waals surface area contributed by atoms with E-state index >= 15 is 0 Å². The summed E-state index contributed by atoms with van der Waals surface area (Å²) >= 11 is 0. The van der Waals surface area contributed by atoms with E-state index in [1.54, 1.807) is 6.08 Å². The molecule has 0 heterocycles. The van der Waals surface area contributed by atoms with Gasteiger partial charge in [0.25, 0.3) is 0 Å². The monoisotopic (exact) mass is 300 g/mol. The normalized spacial score (nSPS) is 14.8. The van der Waals surface area contributed by atoms with E-state index in [0.29, 0.717) is 0 Å². The van der Waals surface area contributed by atoms with Crippen LogP contribution in [-0.4, -0.2) is 11.6 Å². The van der Waals surface area contributed by atoms with Crippen LogP contribution in [0.4, 0.5) is 0 Å². The van der Waals surface area contributed by atoms with Crippen LogP contribution in [-0.2, 0) is 9.53 Å². The van der Waals surface area contributed by atoms with Crippen molar-refractivity contribution in [2.45, 2.75) is 59.0 Å². The maximum absolute atomic E-state index is 12.0. The maximum atomic E-state index is 12.0. The van der Waals surface area contributed by atoms with Crippen LogP contribution in [0, 0.1) is 0 Å². The molecule has 0 aromatic heterocycles. The van der Waals surface area contributed by atoms with Crippen molar-refractivity contribution in [2.24, 2.45) is 0 Å². The number of hydrogen-bond acceptors (Lipinski definition) is 2. The third-order valence-corrected chi connectivity index (χ3v) is 4.03. The standard InChI is InChI=1S/C20H28O2/c1-5-17(3)11-10-16-20(4,6-2)22-19(21)15-14-18-12-8-7-9-13-18/h7-9,11-15H,5-6,10,16H2,1-4H3/b15-14+,17-11+. The highest BCUT2D eigenvalue weighted by Crippen LogP contribution is 2.23. The van der Waals surface area contributed by atoms with E-state index in [2.05, 4.69) is 26.8 Å². The maximum Gasteiger partial charge on any atom is 0.331 e. The van der Waals surface area contributed by atoms with Crippen molar-refractivity contribution in [1.29, 1.82) is 0 Å². The number of allylic oxidation sites excluding steroid dienone is 2. The van der Waals surface area contributed by atoms with Crippen molar-refractivity contribution in [3.63, 3.8) is 0 Å². The molecule has 0 radical (unpaired) electrons. The smallest absolute Gasteiger partial charge is 0.331 e. The van der Waals surface area contributed by atoms with E-state index in [0.717, 1.165) is 31.2 Å². The average Bonchev–Trinajstić information content (AvgIpc) is 2.53. The van der Waals surface area contributed by atoms with Gasteiger partial charge in [0.2, 0.25) is 0 Å². The Morgan fingerprint density at radius 3 is 2.50 bits per heavy atom. The largest absolute Gasteiger partial charge is 0.456 e. The number of ether oxygens (including phenoxy) is 1. The van der Waals surface area contributed by atoms with Crippen LogP contribution < -0.4 is 0 Å². The van der Waals surface area contributed by atoms with Crippen LogP contribution in [0.3, 0.4) is 0 Å². The molecule has 1 aromatic rings. The Labute approximate surface area is 134 Å². The van der Waals surface area contributed by atoms with Gasteiger partial charge >= 0.3 is 5.97 Å². The van der Waals surface area contributed by atoms with Gasteiger partial charge in [-0.3, -0.25) is 0 Å². The highest BCUT2D eigenvalue weighted by atomic mass is 16.6. The molecule has 0 N–H and O–H groups in total. The summed E-state index contributed by atoms with van der Waals surface area (Å²) in [5.41, 5.74) is 1.98. The molecule has 0 aliphatic carbocycles. The lowest BCUT2D eigenvalue weighted by atomic mass is 9.96. The molecule has 0 amide bonds. The molecule has 2 heteroatoms. The zero-order chi connectivity index (χ0) is 16.4. The molecular formula is C20H28O2. The summed E-state index contributed by atoms with van der Waals surface area (Å²) in [7, 11) is 0. The number of esters is 1. The van der Waals surface area contributed by atoms with Gasteiger partial charge in [0.15, 0.2) is 0 Å². The average molecular weight is 300 g/mol. The predicted molar refractivity (Wildman–Crippen MR) is 93.5 cm³/mol. The summed E-state index contributed by atoms with van der Waals surface area (Å²) in [5.74, 6) is -0.274. The van der Waals surface area contributed by atoms with Crippen LogP contribution in [0.1, 0.15) is 58.9 Å². The van der Waals surface area contributed by atoms with Crippen molar-refractivity contribution in [3.05, 3.63) is 53.6 Å². The second-order valence-corrected chi connectivity index (χ2v) is 5.91. The lowest BCUT2D eigenvalue weighted by molar-refractivity contribution is -0.152. The van der Waals surface area contributed by atoms with Crippen molar-refractivity contribution in [3.8, 4) is 0 Å². The Hall–Kier alpha value is -1.83. The topological polar surface area (TPSA) is 26.3 Å². The molecule has 0 fully saturated rings. The first-order valence-corrected chi connectivity index (χ1v) is 8.11. The Bertz CT molecular complexity index is 514. The van der Waals surface area contributed by atoms with Gasteiger partial charge in [0.05, 0.1) is 0 Å². The summed E-state index contributed by atoms with van der Waals surface area (Å²) in [6.45, 7) is 8.36. The van der Waals surface area contributed by atoms with E-state index in [1.165, 1.54) is 11.6 Å². The fourth-order valence-electron chi connectivity index (χ4n) is 2.07. The number of benzene rings is 1. The van der Waals surface area contributed by atoms with Crippen molar-refractivity contribution < 1.29 is 9.53 Å². The van der Waals surface area contributed by atoms with Gasteiger partial charge in [-0.15, -0.1) is 0 Å². The van der Waals surface area contributed by atoms with Gasteiger partial charge in [0.1, 0.15) is 5.60 Å². The molecule has 0 saturated carbocycles. The van der Waals surface area contributed by atoms with Crippen molar-refractivity contribution in [2.75, 3.05) is 0 Å². The van der Waals surface area contributed by atoms with Crippen LogP contribution in [0.25, 0.3) is 6.08 Å². The molecule has 1 rings (SSSR count). The highest BCUT2D eigenvalue weighted by Gasteiger charge is 2.25. The quantitative estimate of drug-likeness (QED) is 0.357. The lowest BCUT2D eigenvalue weighted by Gasteiger charge is -2.27. The Balaban J connectivity index is 2.56. The van der Waals surface area contributed by atoms with Crippen molar-refractivity contribution >= 4 is 12.0 Å². The first kappa shape index (κ1) is 18.2. The van der Waals surface area contributed by atoms with Gasteiger partial charge < -0.3 is 4.74 Å². The zero-order valence-corrected chi connectivity index (χ0v) is 14.3. The molecule has 0 bridgehead atoms. The third-order valence-electron chi connectivity index (χ3n) is 4.03. The summed E-state index contributed by atoms with van der Waals surface area (Å²) in [6.07, 6.45) is 9.22. The fourth-order valence-corrected chi connectivity index (χ4v) is 2.07. The summed E-state index contributed by atoms with van der Waals surface area (Å²) < 4.78 is 5.67. The number of rotatable bonds is 8. The summed E-state index contributed by atoms with van der Waals surface area (Å²) in [4.78, 5) is 12.0. The molecule has 1 unspecified atom stereocenters. The van der Waals surface area contributed by atoms with Crippen molar-refractivity contribution in [1.82, 2.24) is 0 Å². The van der Waals surface area contributed by atoms with E-state index in [4.69, 9.17) is 4.74 Å². The number of hydrogen-bond donors (Lipinski definition) is 0. The van der Waals surface area contributed by atoms with Gasteiger partial charge in [0, 0.05) is 6.08 Å². The van der Waals surface area contributed by atoms with E-state index < -0.39 is 5.60 Å². The molecule has 22 heavy (non-hydrogen) atoms. The Kier molecular flexibility index (Phi) is 7.65. The fraction of sp³-hybridized carbons (Fsp3) is 0.450. The second-order valence-electron chi connectivity index (χ2n) is 5.91. The molecule has 0 aliphatic rings. The van der Waals surface area contributed by atoms with Crippen LogP contribution in [0.5, 0.6) is 0 Å². The summed E-state index contributed by atoms with van der Waals surface area (Å²) in [6, 6.07) is 9.77. The minimum absolute atomic E-state index is 0.274. The molecular weight excluding hydrogens is 272 g/mol. The van der Waals surface area contributed by atoms with E-state index in [1.807, 2.05) is 37.3 Å². The minimum atomic E-state index is -0.400. The molecule has 120 valence electrons. The molecule has 2 nitrogen and oxygen atoms in total. The molecule has 1 atom stereocenters. The Morgan fingerprint density at radius 1 is 1.23 bits per heavy atom. The molecule has 0 saturated heterocycles. The first-order chi connectivity index (χ1) is 10.5. The summed E-state index contributed by atoms with van der Waals surface area (Å²) in [5, 5.41) is 0. The van der Waals surface area contributed by atoms with Gasteiger partial charge in [-0.2, -0.15) is 0 Å². The second kappa shape index (κ2) is 9.24. The molecule has 0 spiro atoms. The first-order valence-electron chi connectivity index (χ1n) is 8.11. The van der Waals surface area contributed by atoms with Gasteiger partial charge in [-0.25, -0.2) is 4.79 Å². The number of carbonyl (C=O) groups excluding carboxylic acids is 1. The van der Waals surface area contributed by atoms with Crippen LogP contribution in [0.2, 0.25) is 0 Å². The van der Waals surface area contributed by atoms with Crippen LogP contribution in [0.15, 0.2) is 48.1 Å². The van der Waals surface area contributed by atoms with Gasteiger partial charge in [-0.05, 0) is 51.2 Å². The molecule has 1 aromatic carbocycles. The zero-order valence-electron chi connectivity index (χ0n) is 14.3. The number of carbonyl (C=O) groups is 1. The Morgan fingerprint density at radius 2 is 1.91 bits per heavy atom. The molecule has 0 aliphatic heterocycles. The highest BCUT2D eigenvalue weighted by molar-refractivity contribution is 5.87. The van der Waals surface area contributed by atoms with Gasteiger partial charge in [-0.1, -0.05) is 55.8 Å². The minimum Gasteiger partial charge on any atom is -0.456 e.